The number of thiophene rings is 1. The molecule has 0 amide bonds. The number of carbonyl (C=O) groups excluding carboxylic acids is 1. The molecule has 0 saturated carbocycles. The molecule has 0 N–H and O–H groups in total. The Bertz CT molecular complexity index is 548. The predicted octanol–water partition coefficient (Wildman–Crippen LogP) is 3.24. The standard InChI is InChI=1S/C11H8F2O2S/c1-6(14)15-5-8-9(12)4-10-7(11(8)13)2-3-16-10/h2-4H,5H2,1H3. The normalized spacial score (nSPS) is 10.7. The van der Waals surface area contributed by atoms with Gasteiger partial charge >= 0.3 is 5.97 Å². The first kappa shape index (κ1) is 11.0. The lowest BCUT2D eigenvalue weighted by molar-refractivity contribution is -0.142. The largest absolute Gasteiger partial charge is 0.461 e. The van der Waals surface area contributed by atoms with Gasteiger partial charge in [0.25, 0.3) is 0 Å². The maximum absolute atomic E-state index is 13.8. The smallest absolute Gasteiger partial charge is 0.302 e. The summed E-state index contributed by atoms with van der Waals surface area (Å²) < 4.78 is 32.4. The van der Waals surface area contributed by atoms with Crippen LogP contribution in [0.2, 0.25) is 0 Å². The SMILES string of the molecule is CC(=O)OCc1c(F)cc2sccc2c1F. The zero-order valence-corrected chi connectivity index (χ0v) is 9.24. The van der Waals surface area contributed by atoms with Gasteiger partial charge in [0.05, 0.1) is 5.56 Å². The van der Waals surface area contributed by atoms with Gasteiger partial charge in [0.15, 0.2) is 0 Å². The van der Waals surface area contributed by atoms with E-state index in [1.807, 2.05) is 0 Å². The van der Waals surface area contributed by atoms with Crippen LogP contribution in [0.15, 0.2) is 17.5 Å². The number of ether oxygens (including phenoxy) is 1. The molecule has 0 radical (unpaired) electrons. The van der Waals surface area contributed by atoms with E-state index in [1.165, 1.54) is 24.3 Å². The summed E-state index contributed by atoms with van der Waals surface area (Å²) in [6.07, 6.45) is 0. The summed E-state index contributed by atoms with van der Waals surface area (Å²) in [5.41, 5.74) is -0.207. The fourth-order valence-corrected chi connectivity index (χ4v) is 2.20. The van der Waals surface area contributed by atoms with Gasteiger partial charge in [-0.15, -0.1) is 11.3 Å². The Hall–Kier alpha value is -1.49. The number of halogens is 2. The molecule has 16 heavy (non-hydrogen) atoms. The van der Waals surface area contributed by atoms with Crippen molar-refractivity contribution in [2.45, 2.75) is 13.5 Å². The summed E-state index contributed by atoms with van der Waals surface area (Å²) >= 11 is 1.26. The molecule has 2 nitrogen and oxygen atoms in total. The summed E-state index contributed by atoms with van der Waals surface area (Å²) in [6.45, 7) is 0.817. The average molecular weight is 242 g/mol. The number of hydrogen-bond acceptors (Lipinski definition) is 3. The molecule has 0 aliphatic heterocycles. The Balaban J connectivity index is 2.46. The van der Waals surface area contributed by atoms with E-state index < -0.39 is 17.6 Å². The van der Waals surface area contributed by atoms with Crippen LogP contribution in [-0.2, 0) is 16.1 Å². The second-order valence-electron chi connectivity index (χ2n) is 3.26. The van der Waals surface area contributed by atoms with Gasteiger partial charge in [-0.3, -0.25) is 4.79 Å². The van der Waals surface area contributed by atoms with Crippen molar-refractivity contribution in [2.75, 3.05) is 0 Å². The van der Waals surface area contributed by atoms with E-state index in [0.717, 1.165) is 0 Å². The third kappa shape index (κ3) is 1.90. The van der Waals surface area contributed by atoms with Crippen LogP contribution >= 0.6 is 11.3 Å². The molecule has 84 valence electrons. The Morgan fingerprint density at radius 2 is 2.25 bits per heavy atom. The summed E-state index contributed by atoms with van der Waals surface area (Å²) in [4.78, 5) is 10.6. The van der Waals surface area contributed by atoms with Crippen LogP contribution in [0.3, 0.4) is 0 Å². The van der Waals surface area contributed by atoms with Crippen molar-refractivity contribution >= 4 is 27.4 Å². The first-order valence-corrected chi connectivity index (χ1v) is 5.45. The molecule has 5 heteroatoms. The molecular weight excluding hydrogens is 234 g/mol. The third-order valence-electron chi connectivity index (χ3n) is 2.16. The van der Waals surface area contributed by atoms with E-state index in [-0.39, 0.29) is 12.2 Å². The first-order valence-electron chi connectivity index (χ1n) is 4.57. The van der Waals surface area contributed by atoms with E-state index in [9.17, 15) is 13.6 Å². The van der Waals surface area contributed by atoms with Gasteiger partial charge < -0.3 is 4.74 Å². The molecule has 0 saturated heterocycles. The molecule has 0 atom stereocenters. The highest BCUT2D eigenvalue weighted by Crippen LogP contribution is 2.28. The van der Waals surface area contributed by atoms with Crippen molar-refractivity contribution in [1.82, 2.24) is 0 Å². The molecular formula is C11H8F2O2S. The number of rotatable bonds is 2. The minimum absolute atomic E-state index is 0.207. The average Bonchev–Trinajstić information content (AvgIpc) is 2.64. The Kier molecular flexibility index (Phi) is 2.87. The van der Waals surface area contributed by atoms with Crippen molar-refractivity contribution in [3.63, 3.8) is 0 Å². The molecule has 0 aliphatic carbocycles. The molecule has 0 fully saturated rings. The van der Waals surface area contributed by atoms with Crippen LogP contribution in [0.25, 0.3) is 10.1 Å². The van der Waals surface area contributed by atoms with Crippen LogP contribution < -0.4 is 0 Å². The summed E-state index contributed by atoms with van der Waals surface area (Å²) in [6, 6.07) is 2.83. The molecule has 2 aromatic rings. The lowest BCUT2D eigenvalue weighted by atomic mass is 10.1. The monoisotopic (exact) mass is 242 g/mol. The van der Waals surface area contributed by atoms with E-state index in [1.54, 1.807) is 11.4 Å². The van der Waals surface area contributed by atoms with Crippen LogP contribution in [0.4, 0.5) is 8.78 Å². The third-order valence-corrected chi connectivity index (χ3v) is 3.03. The van der Waals surface area contributed by atoms with Crippen molar-refractivity contribution in [2.24, 2.45) is 0 Å². The predicted molar refractivity (Wildman–Crippen MR) is 57.2 cm³/mol. The van der Waals surface area contributed by atoms with Crippen molar-refractivity contribution in [1.29, 1.82) is 0 Å². The van der Waals surface area contributed by atoms with Gasteiger partial charge in [0.2, 0.25) is 0 Å². The number of esters is 1. The molecule has 0 spiro atoms. The Labute approximate surface area is 94.5 Å². The molecule has 0 aliphatic rings. The Morgan fingerprint density at radius 3 is 2.94 bits per heavy atom. The van der Waals surface area contributed by atoms with Crippen molar-refractivity contribution < 1.29 is 18.3 Å². The lowest BCUT2D eigenvalue weighted by Crippen LogP contribution is -2.03. The molecule has 1 aromatic heterocycles. The highest BCUT2D eigenvalue weighted by atomic mass is 32.1. The number of carbonyl (C=O) groups is 1. The van der Waals surface area contributed by atoms with Crippen LogP contribution in [-0.4, -0.2) is 5.97 Å². The second-order valence-corrected chi connectivity index (χ2v) is 4.21. The van der Waals surface area contributed by atoms with Gasteiger partial charge in [-0.1, -0.05) is 0 Å². The first-order chi connectivity index (χ1) is 7.59. The van der Waals surface area contributed by atoms with E-state index in [2.05, 4.69) is 4.74 Å². The number of fused-ring (bicyclic) bond motifs is 1. The van der Waals surface area contributed by atoms with Gasteiger partial charge in [-0.25, -0.2) is 8.78 Å². The number of benzene rings is 1. The second kappa shape index (κ2) is 4.17. The minimum Gasteiger partial charge on any atom is -0.461 e. The fraction of sp³-hybridized carbons (Fsp3) is 0.182. The highest BCUT2D eigenvalue weighted by Gasteiger charge is 2.15. The quantitative estimate of drug-likeness (QED) is 0.756. The van der Waals surface area contributed by atoms with E-state index in [0.29, 0.717) is 10.1 Å². The fourth-order valence-electron chi connectivity index (χ4n) is 1.39. The van der Waals surface area contributed by atoms with E-state index in [4.69, 9.17) is 0 Å². The van der Waals surface area contributed by atoms with Crippen LogP contribution in [0.1, 0.15) is 12.5 Å². The topological polar surface area (TPSA) is 26.3 Å². The van der Waals surface area contributed by atoms with Gasteiger partial charge in [0.1, 0.15) is 18.2 Å². The number of hydrogen-bond donors (Lipinski definition) is 0. The molecule has 2 rings (SSSR count). The van der Waals surface area contributed by atoms with Gasteiger partial charge in [-0.05, 0) is 17.5 Å². The Morgan fingerprint density at radius 1 is 1.50 bits per heavy atom. The molecule has 0 unspecified atom stereocenters. The minimum atomic E-state index is -0.686. The maximum Gasteiger partial charge on any atom is 0.302 e. The zero-order chi connectivity index (χ0) is 11.7. The van der Waals surface area contributed by atoms with Gasteiger partial charge in [-0.2, -0.15) is 0 Å². The lowest BCUT2D eigenvalue weighted by Gasteiger charge is -2.06. The molecule has 1 heterocycles. The van der Waals surface area contributed by atoms with Crippen LogP contribution in [0, 0.1) is 11.6 Å². The zero-order valence-electron chi connectivity index (χ0n) is 8.42. The maximum atomic E-state index is 13.8. The molecule has 0 bridgehead atoms. The summed E-state index contributed by atoms with van der Waals surface area (Å²) in [7, 11) is 0. The van der Waals surface area contributed by atoms with Crippen LogP contribution in [0.5, 0.6) is 0 Å². The van der Waals surface area contributed by atoms with E-state index >= 15 is 0 Å². The summed E-state index contributed by atoms with van der Waals surface area (Å²) in [5, 5.41) is 2.04. The molecule has 1 aromatic carbocycles. The van der Waals surface area contributed by atoms with Crippen molar-refractivity contribution in [3.05, 3.63) is 34.7 Å². The highest BCUT2D eigenvalue weighted by molar-refractivity contribution is 7.17. The van der Waals surface area contributed by atoms with Crippen molar-refractivity contribution in [3.8, 4) is 0 Å². The summed E-state index contributed by atoms with van der Waals surface area (Å²) in [5.74, 6) is -1.91. The van der Waals surface area contributed by atoms with Gasteiger partial charge in [0, 0.05) is 17.0 Å².